The Balaban J connectivity index is 1.98. The Morgan fingerprint density at radius 3 is 2.75 bits per heavy atom. The molecule has 5 heteroatoms. The highest BCUT2D eigenvalue weighted by molar-refractivity contribution is 6.37. The maximum absolute atomic E-state index is 6.17. The van der Waals surface area contributed by atoms with E-state index in [0.29, 0.717) is 21.9 Å². The van der Waals surface area contributed by atoms with E-state index < -0.39 is 0 Å². The predicted molar refractivity (Wildman–Crippen MR) is 67.1 cm³/mol. The van der Waals surface area contributed by atoms with E-state index in [9.17, 15) is 0 Å². The van der Waals surface area contributed by atoms with Crippen LogP contribution in [0.5, 0.6) is 0 Å². The zero-order valence-electron chi connectivity index (χ0n) is 8.79. The number of anilines is 2. The monoisotopic (exact) mass is 257 g/mol. The summed E-state index contributed by atoms with van der Waals surface area (Å²) < 4.78 is 0. The van der Waals surface area contributed by atoms with Crippen molar-refractivity contribution in [2.45, 2.75) is 25.3 Å². The fourth-order valence-corrected chi connectivity index (χ4v) is 3.32. The number of rotatable bonds is 1. The Bertz CT molecular complexity index is 435. The smallest absolute Gasteiger partial charge is 0.150 e. The molecule has 2 heterocycles. The van der Waals surface area contributed by atoms with Crippen LogP contribution in [0.1, 0.15) is 19.3 Å². The van der Waals surface area contributed by atoms with Gasteiger partial charge in [0.2, 0.25) is 0 Å². The third-order valence-corrected chi connectivity index (χ3v) is 4.20. The van der Waals surface area contributed by atoms with Gasteiger partial charge in [-0.3, -0.25) is 0 Å². The van der Waals surface area contributed by atoms with Crippen molar-refractivity contribution in [2.24, 2.45) is 5.92 Å². The number of nitrogens with two attached hydrogens (primary N) is 1. The zero-order valence-corrected chi connectivity index (χ0v) is 10.3. The van der Waals surface area contributed by atoms with E-state index in [0.717, 1.165) is 18.3 Å². The lowest BCUT2D eigenvalue weighted by Crippen LogP contribution is -2.32. The van der Waals surface area contributed by atoms with Crippen molar-refractivity contribution in [3.63, 3.8) is 0 Å². The summed E-state index contributed by atoms with van der Waals surface area (Å²) in [5.41, 5.74) is 5.73. The van der Waals surface area contributed by atoms with Crippen LogP contribution < -0.4 is 10.6 Å². The molecule has 2 bridgehead atoms. The second-order valence-corrected chi connectivity index (χ2v) is 5.46. The van der Waals surface area contributed by atoms with Gasteiger partial charge in [-0.05, 0) is 31.2 Å². The van der Waals surface area contributed by atoms with Gasteiger partial charge in [-0.1, -0.05) is 23.2 Å². The highest BCUT2D eigenvalue weighted by Gasteiger charge is 2.39. The van der Waals surface area contributed by atoms with Crippen LogP contribution in [0.2, 0.25) is 10.0 Å². The number of fused-ring (bicyclic) bond motifs is 2. The Kier molecular flexibility index (Phi) is 2.41. The first-order valence-corrected chi connectivity index (χ1v) is 6.29. The van der Waals surface area contributed by atoms with Gasteiger partial charge in [0.1, 0.15) is 11.6 Å². The molecule has 2 aliphatic rings. The summed E-state index contributed by atoms with van der Waals surface area (Å²) in [6.45, 7) is 1.05. The molecule has 1 saturated heterocycles. The molecule has 3 rings (SSSR count). The normalized spacial score (nSPS) is 27.8. The number of hydrogen-bond acceptors (Lipinski definition) is 3. The van der Waals surface area contributed by atoms with Crippen LogP contribution in [0.4, 0.5) is 11.6 Å². The van der Waals surface area contributed by atoms with Gasteiger partial charge in [0.05, 0.1) is 10.0 Å². The van der Waals surface area contributed by atoms with Crippen molar-refractivity contribution in [2.75, 3.05) is 17.2 Å². The van der Waals surface area contributed by atoms with Gasteiger partial charge in [0.25, 0.3) is 0 Å². The van der Waals surface area contributed by atoms with Crippen LogP contribution in [0.25, 0.3) is 0 Å². The van der Waals surface area contributed by atoms with Crippen molar-refractivity contribution in [1.29, 1.82) is 0 Å². The fraction of sp³-hybridized carbons (Fsp3) is 0.545. The lowest BCUT2D eigenvalue weighted by Gasteiger charge is -2.29. The molecule has 1 aromatic heterocycles. The number of pyridine rings is 1. The molecule has 0 aromatic carbocycles. The number of halogens is 2. The summed E-state index contributed by atoms with van der Waals surface area (Å²) in [7, 11) is 0. The molecule has 2 unspecified atom stereocenters. The summed E-state index contributed by atoms with van der Waals surface area (Å²) in [6.07, 6.45) is 3.84. The summed E-state index contributed by atoms with van der Waals surface area (Å²) in [5.74, 6) is 1.97. The van der Waals surface area contributed by atoms with Gasteiger partial charge >= 0.3 is 0 Å². The number of hydrogen-bond donors (Lipinski definition) is 1. The minimum absolute atomic E-state index is 0.365. The number of aromatic nitrogens is 1. The lowest BCUT2D eigenvalue weighted by molar-refractivity contribution is 0.550. The molecule has 1 aliphatic carbocycles. The summed E-state index contributed by atoms with van der Waals surface area (Å²) in [5, 5.41) is 1.03. The van der Waals surface area contributed by atoms with Gasteiger partial charge in [-0.25, -0.2) is 4.98 Å². The standard InChI is InChI=1S/C11H13Cl2N3/c12-8-4-9(13)11(15-10(8)14)16-5-6-1-2-7(16)3-6/h4,6-7H,1-3,5H2,(H2,14,15). The minimum Gasteiger partial charge on any atom is -0.382 e. The Morgan fingerprint density at radius 1 is 1.31 bits per heavy atom. The fourth-order valence-electron chi connectivity index (χ4n) is 2.86. The van der Waals surface area contributed by atoms with Gasteiger partial charge in [0, 0.05) is 12.6 Å². The van der Waals surface area contributed by atoms with Gasteiger partial charge < -0.3 is 10.6 Å². The second kappa shape index (κ2) is 3.67. The van der Waals surface area contributed by atoms with E-state index in [2.05, 4.69) is 9.88 Å². The minimum atomic E-state index is 0.365. The molecule has 1 saturated carbocycles. The predicted octanol–water partition coefficient (Wildman–Crippen LogP) is 2.96. The highest BCUT2D eigenvalue weighted by atomic mass is 35.5. The first-order valence-electron chi connectivity index (χ1n) is 5.53. The summed E-state index contributed by atoms with van der Waals surface area (Å²) >= 11 is 12.1. The number of piperidine rings is 1. The molecule has 0 amide bonds. The van der Waals surface area contributed by atoms with Gasteiger partial charge in [-0.15, -0.1) is 0 Å². The van der Waals surface area contributed by atoms with Crippen molar-refractivity contribution in [1.82, 2.24) is 4.98 Å². The van der Waals surface area contributed by atoms with Crippen LogP contribution in [0.3, 0.4) is 0 Å². The van der Waals surface area contributed by atoms with E-state index in [1.807, 2.05) is 0 Å². The van der Waals surface area contributed by atoms with E-state index >= 15 is 0 Å². The average molecular weight is 258 g/mol. The number of nitrogens with zero attached hydrogens (tertiary/aromatic N) is 2. The number of nitrogen functional groups attached to an aromatic ring is 1. The lowest BCUT2D eigenvalue weighted by atomic mass is 10.1. The van der Waals surface area contributed by atoms with E-state index in [-0.39, 0.29) is 0 Å². The van der Waals surface area contributed by atoms with Crippen LogP contribution in [0, 0.1) is 5.92 Å². The molecule has 2 fully saturated rings. The molecule has 16 heavy (non-hydrogen) atoms. The Morgan fingerprint density at radius 2 is 2.12 bits per heavy atom. The molecule has 2 atom stereocenters. The van der Waals surface area contributed by atoms with Crippen LogP contribution in [-0.4, -0.2) is 17.6 Å². The van der Waals surface area contributed by atoms with E-state index in [4.69, 9.17) is 28.9 Å². The van der Waals surface area contributed by atoms with Crippen molar-refractivity contribution in [3.8, 4) is 0 Å². The van der Waals surface area contributed by atoms with Crippen LogP contribution in [0.15, 0.2) is 6.07 Å². The molecule has 1 aromatic rings. The highest BCUT2D eigenvalue weighted by Crippen LogP contribution is 2.42. The third kappa shape index (κ3) is 1.54. The molecule has 86 valence electrons. The Hall–Kier alpha value is -0.670. The van der Waals surface area contributed by atoms with E-state index in [1.165, 1.54) is 19.3 Å². The SMILES string of the molecule is Nc1nc(N2CC3CCC2C3)c(Cl)cc1Cl. The maximum Gasteiger partial charge on any atom is 0.150 e. The molecule has 0 spiro atoms. The topological polar surface area (TPSA) is 42.1 Å². The largest absolute Gasteiger partial charge is 0.382 e. The second-order valence-electron chi connectivity index (χ2n) is 4.65. The van der Waals surface area contributed by atoms with Crippen molar-refractivity contribution >= 4 is 34.8 Å². The first kappa shape index (κ1) is 10.5. The quantitative estimate of drug-likeness (QED) is 0.842. The first-order chi connectivity index (χ1) is 7.65. The molecule has 0 radical (unpaired) electrons. The molecule has 2 N–H and O–H groups in total. The van der Waals surface area contributed by atoms with Crippen molar-refractivity contribution in [3.05, 3.63) is 16.1 Å². The average Bonchev–Trinajstić information content (AvgIpc) is 2.84. The molecular weight excluding hydrogens is 245 g/mol. The Labute approximate surface area is 105 Å². The molecule has 1 aliphatic heterocycles. The van der Waals surface area contributed by atoms with Gasteiger partial charge in [-0.2, -0.15) is 0 Å². The molecule has 3 nitrogen and oxygen atoms in total. The van der Waals surface area contributed by atoms with Crippen LogP contribution in [-0.2, 0) is 0 Å². The maximum atomic E-state index is 6.17. The molecular formula is C11H13Cl2N3. The third-order valence-electron chi connectivity index (χ3n) is 3.62. The van der Waals surface area contributed by atoms with Gasteiger partial charge in [0.15, 0.2) is 0 Å². The van der Waals surface area contributed by atoms with E-state index in [1.54, 1.807) is 6.07 Å². The summed E-state index contributed by atoms with van der Waals surface area (Å²) in [6, 6.07) is 2.28. The van der Waals surface area contributed by atoms with Crippen LogP contribution >= 0.6 is 23.2 Å². The zero-order chi connectivity index (χ0) is 11.3. The van der Waals surface area contributed by atoms with Crippen molar-refractivity contribution < 1.29 is 0 Å². The summed E-state index contributed by atoms with van der Waals surface area (Å²) in [4.78, 5) is 6.59.